The molecule has 2 aromatic rings. The van der Waals surface area contributed by atoms with Crippen LogP contribution >= 0.6 is 0 Å². The van der Waals surface area contributed by atoms with Crippen molar-refractivity contribution in [3.63, 3.8) is 0 Å². The molecule has 0 amide bonds. The minimum absolute atomic E-state index is 0.0529. The van der Waals surface area contributed by atoms with Crippen molar-refractivity contribution >= 4 is 27.2 Å². The smallest absolute Gasteiger partial charge is 0.294 e. The van der Waals surface area contributed by atoms with Crippen molar-refractivity contribution in [3.05, 3.63) is 42.5 Å². The molecule has 7 nitrogen and oxygen atoms in total. The predicted molar refractivity (Wildman–Crippen MR) is 78.1 cm³/mol. The van der Waals surface area contributed by atoms with E-state index in [4.69, 9.17) is 4.55 Å². The SMILES string of the molecule is CNc1ccc(N=Nc2cc(S(=O)(=O)O)ccc2O)cc1. The molecule has 0 aliphatic carbocycles. The highest BCUT2D eigenvalue weighted by atomic mass is 32.2. The van der Waals surface area contributed by atoms with Gasteiger partial charge in [-0.05, 0) is 42.5 Å². The minimum atomic E-state index is -4.36. The fourth-order valence-electron chi connectivity index (χ4n) is 1.55. The number of nitrogens with zero attached hydrogens (tertiary/aromatic N) is 2. The van der Waals surface area contributed by atoms with E-state index in [-0.39, 0.29) is 16.3 Å². The molecule has 0 heterocycles. The van der Waals surface area contributed by atoms with Crippen LogP contribution in [0.2, 0.25) is 0 Å². The van der Waals surface area contributed by atoms with Crippen molar-refractivity contribution in [2.24, 2.45) is 10.2 Å². The number of phenols is 1. The number of hydrogen-bond donors (Lipinski definition) is 3. The van der Waals surface area contributed by atoms with E-state index in [1.54, 1.807) is 31.3 Å². The molecule has 0 aliphatic heterocycles. The fraction of sp³-hybridized carbons (Fsp3) is 0.0769. The van der Waals surface area contributed by atoms with Gasteiger partial charge in [-0.15, -0.1) is 5.11 Å². The van der Waals surface area contributed by atoms with Crippen molar-refractivity contribution < 1.29 is 18.1 Å². The van der Waals surface area contributed by atoms with Crippen LogP contribution in [0.15, 0.2) is 57.6 Å². The van der Waals surface area contributed by atoms with Crippen molar-refractivity contribution in [1.29, 1.82) is 0 Å². The first-order valence-electron chi connectivity index (χ1n) is 5.90. The van der Waals surface area contributed by atoms with Gasteiger partial charge in [0.15, 0.2) is 0 Å². The van der Waals surface area contributed by atoms with Crippen molar-refractivity contribution in [3.8, 4) is 5.75 Å². The molecule has 8 heteroatoms. The number of azo groups is 1. The molecule has 0 aliphatic rings. The van der Waals surface area contributed by atoms with Gasteiger partial charge >= 0.3 is 0 Å². The highest BCUT2D eigenvalue weighted by Gasteiger charge is 2.12. The van der Waals surface area contributed by atoms with Crippen LogP contribution in [0.4, 0.5) is 17.1 Å². The number of rotatable bonds is 4. The Morgan fingerprint density at radius 3 is 2.29 bits per heavy atom. The third kappa shape index (κ3) is 3.77. The van der Waals surface area contributed by atoms with Crippen LogP contribution in [-0.4, -0.2) is 25.1 Å². The maximum atomic E-state index is 11.0. The number of hydrogen-bond acceptors (Lipinski definition) is 6. The molecule has 0 spiro atoms. The van der Waals surface area contributed by atoms with Crippen LogP contribution in [0.25, 0.3) is 0 Å². The number of benzene rings is 2. The lowest BCUT2D eigenvalue weighted by Crippen LogP contribution is -1.96. The topological polar surface area (TPSA) is 111 Å². The third-order valence-electron chi connectivity index (χ3n) is 2.67. The van der Waals surface area contributed by atoms with Gasteiger partial charge in [-0.2, -0.15) is 13.5 Å². The normalized spacial score (nSPS) is 11.7. The van der Waals surface area contributed by atoms with Crippen molar-refractivity contribution in [1.82, 2.24) is 0 Å². The van der Waals surface area contributed by atoms with E-state index >= 15 is 0 Å². The van der Waals surface area contributed by atoms with E-state index in [0.717, 1.165) is 23.9 Å². The molecule has 0 radical (unpaired) electrons. The Kier molecular flexibility index (Phi) is 4.20. The summed E-state index contributed by atoms with van der Waals surface area (Å²) in [5.74, 6) is -0.238. The summed E-state index contributed by atoms with van der Waals surface area (Å²) >= 11 is 0. The fourth-order valence-corrected chi connectivity index (χ4v) is 2.05. The van der Waals surface area contributed by atoms with Crippen LogP contribution in [0.3, 0.4) is 0 Å². The zero-order valence-electron chi connectivity index (χ0n) is 11.1. The summed E-state index contributed by atoms with van der Waals surface area (Å²) < 4.78 is 31.0. The third-order valence-corrected chi connectivity index (χ3v) is 3.52. The summed E-state index contributed by atoms with van der Waals surface area (Å²) in [6, 6.07) is 10.2. The Morgan fingerprint density at radius 1 is 1.05 bits per heavy atom. The highest BCUT2D eigenvalue weighted by Crippen LogP contribution is 2.30. The first-order valence-corrected chi connectivity index (χ1v) is 7.34. The number of aromatic hydroxyl groups is 1. The molecule has 0 saturated carbocycles. The second kappa shape index (κ2) is 5.90. The highest BCUT2D eigenvalue weighted by molar-refractivity contribution is 7.85. The van der Waals surface area contributed by atoms with E-state index in [0.29, 0.717) is 5.69 Å². The molecular formula is C13H13N3O4S. The molecule has 0 aromatic heterocycles. The number of phenolic OH excluding ortho intramolecular Hbond substituents is 1. The minimum Gasteiger partial charge on any atom is -0.506 e. The zero-order chi connectivity index (χ0) is 15.5. The lowest BCUT2D eigenvalue weighted by atomic mass is 10.3. The maximum Gasteiger partial charge on any atom is 0.294 e. The zero-order valence-corrected chi connectivity index (χ0v) is 11.9. The van der Waals surface area contributed by atoms with Gasteiger partial charge in [-0.3, -0.25) is 4.55 Å². The van der Waals surface area contributed by atoms with Gasteiger partial charge < -0.3 is 10.4 Å². The molecule has 2 rings (SSSR count). The van der Waals surface area contributed by atoms with E-state index in [1.807, 2.05) is 0 Å². The lowest BCUT2D eigenvalue weighted by Gasteiger charge is -2.01. The molecule has 21 heavy (non-hydrogen) atoms. The molecule has 0 atom stereocenters. The van der Waals surface area contributed by atoms with Gasteiger partial charge in [-0.1, -0.05) is 0 Å². The maximum absolute atomic E-state index is 11.0. The second-order valence-corrected chi connectivity index (χ2v) is 5.54. The first kappa shape index (κ1) is 14.9. The molecule has 0 bridgehead atoms. The average Bonchev–Trinajstić information content (AvgIpc) is 2.45. The van der Waals surface area contributed by atoms with Crippen LogP contribution in [0, 0.1) is 0 Å². The molecular weight excluding hydrogens is 294 g/mol. The largest absolute Gasteiger partial charge is 0.506 e. The van der Waals surface area contributed by atoms with Crippen molar-refractivity contribution in [2.45, 2.75) is 4.90 Å². The van der Waals surface area contributed by atoms with Gasteiger partial charge in [0.2, 0.25) is 0 Å². The summed E-state index contributed by atoms with van der Waals surface area (Å²) in [6.45, 7) is 0. The summed E-state index contributed by atoms with van der Waals surface area (Å²) in [6.07, 6.45) is 0. The van der Waals surface area contributed by atoms with Gasteiger partial charge in [0.05, 0.1) is 10.6 Å². The Hall–Kier alpha value is -2.45. The Morgan fingerprint density at radius 2 is 1.71 bits per heavy atom. The summed E-state index contributed by atoms with van der Waals surface area (Å²) in [5.41, 5.74) is 1.39. The molecule has 3 N–H and O–H groups in total. The molecule has 0 unspecified atom stereocenters. The Bertz CT molecular complexity index is 771. The Balaban J connectivity index is 2.31. The first-order chi connectivity index (χ1) is 9.90. The van der Waals surface area contributed by atoms with Crippen LogP contribution in [0.5, 0.6) is 5.75 Å². The summed E-state index contributed by atoms with van der Waals surface area (Å²) in [4.78, 5) is -0.361. The quantitative estimate of drug-likeness (QED) is 0.593. The van der Waals surface area contributed by atoms with Gasteiger partial charge in [-0.25, -0.2) is 0 Å². The molecule has 0 saturated heterocycles. The van der Waals surface area contributed by atoms with Gasteiger partial charge in [0.25, 0.3) is 10.1 Å². The molecule has 2 aromatic carbocycles. The van der Waals surface area contributed by atoms with Crippen LogP contribution < -0.4 is 5.32 Å². The molecule has 0 fully saturated rings. The predicted octanol–water partition coefficient (Wildman–Crippen LogP) is 3.10. The monoisotopic (exact) mass is 307 g/mol. The van der Waals surface area contributed by atoms with E-state index < -0.39 is 10.1 Å². The van der Waals surface area contributed by atoms with Crippen LogP contribution in [0.1, 0.15) is 0 Å². The van der Waals surface area contributed by atoms with Crippen LogP contribution in [-0.2, 0) is 10.1 Å². The van der Waals surface area contributed by atoms with E-state index in [1.165, 1.54) is 0 Å². The van der Waals surface area contributed by atoms with E-state index in [9.17, 15) is 13.5 Å². The van der Waals surface area contributed by atoms with E-state index in [2.05, 4.69) is 15.5 Å². The summed E-state index contributed by atoms with van der Waals surface area (Å²) in [5, 5.41) is 20.3. The van der Waals surface area contributed by atoms with Crippen molar-refractivity contribution in [2.75, 3.05) is 12.4 Å². The molecule has 110 valence electrons. The summed E-state index contributed by atoms with van der Waals surface area (Å²) in [7, 11) is -2.57. The Labute approximate surface area is 121 Å². The number of nitrogens with one attached hydrogen (secondary N) is 1. The standard InChI is InChI=1S/C13H13N3O4S/c1-14-9-2-4-10(5-3-9)15-16-12-8-11(21(18,19)20)6-7-13(12)17/h2-8,14,17H,1H3,(H,18,19,20). The number of anilines is 1. The average molecular weight is 307 g/mol. The van der Waals surface area contributed by atoms with Gasteiger partial charge in [0, 0.05) is 12.7 Å². The van der Waals surface area contributed by atoms with Gasteiger partial charge in [0.1, 0.15) is 11.4 Å². The lowest BCUT2D eigenvalue weighted by molar-refractivity contribution is 0.473. The second-order valence-electron chi connectivity index (χ2n) is 4.12.